The van der Waals surface area contributed by atoms with Gasteiger partial charge in [-0.2, -0.15) is 0 Å². The number of methoxy groups -OCH3 is 1. The second-order valence-corrected chi connectivity index (χ2v) is 5.78. The number of carbonyl (C=O) groups is 1. The number of benzene rings is 2. The number of carbonyl (C=O) groups excluding carboxylic acids is 1. The summed E-state index contributed by atoms with van der Waals surface area (Å²) >= 11 is 0. The van der Waals surface area contributed by atoms with Gasteiger partial charge in [0.2, 0.25) is 5.89 Å². The van der Waals surface area contributed by atoms with E-state index in [2.05, 4.69) is 15.3 Å². The number of hydrogen-bond donors (Lipinski definition) is 2. The van der Waals surface area contributed by atoms with Crippen LogP contribution in [0.3, 0.4) is 0 Å². The molecular weight excluding hydrogens is 346 g/mol. The number of oxazole rings is 1. The fourth-order valence-electron chi connectivity index (χ4n) is 2.63. The highest BCUT2D eigenvalue weighted by molar-refractivity contribution is 6.04. The van der Waals surface area contributed by atoms with Crippen molar-refractivity contribution in [2.45, 2.75) is 0 Å². The van der Waals surface area contributed by atoms with Gasteiger partial charge < -0.3 is 19.6 Å². The minimum atomic E-state index is -0.294. The molecule has 0 saturated carbocycles. The number of phenolic OH excluding ortho intramolecular Hbond substituents is 1. The maximum absolute atomic E-state index is 12.3. The van der Waals surface area contributed by atoms with Crippen LogP contribution in [0.2, 0.25) is 0 Å². The van der Waals surface area contributed by atoms with Crippen molar-refractivity contribution in [3.63, 3.8) is 0 Å². The highest BCUT2D eigenvalue weighted by Crippen LogP contribution is 2.33. The van der Waals surface area contributed by atoms with E-state index in [1.54, 1.807) is 62.0 Å². The second kappa shape index (κ2) is 6.80. The number of phenols is 1. The number of hydrogen-bond acceptors (Lipinski definition) is 6. The molecule has 0 aliphatic heterocycles. The van der Waals surface area contributed by atoms with Gasteiger partial charge in [-0.05, 0) is 36.4 Å². The lowest BCUT2D eigenvalue weighted by molar-refractivity contribution is 0.102. The zero-order valence-electron chi connectivity index (χ0n) is 14.3. The molecule has 134 valence electrons. The molecule has 0 aliphatic rings. The van der Waals surface area contributed by atoms with Crippen molar-refractivity contribution >= 4 is 22.7 Å². The number of fused-ring (bicyclic) bond motifs is 1. The van der Waals surface area contributed by atoms with Gasteiger partial charge in [0, 0.05) is 29.6 Å². The average molecular weight is 361 g/mol. The van der Waals surface area contributed by atoms with E-state index in [4.69, 9.17) is 9.15 Å². The molecule has 0 spiro atoms. The third kappa shape index (κ3) is 3.30. The Morgan fingerprint density at radius 3 is 2.67 bits per heavy atom. The van der Waals surface area contributed by atoms with Gasteiger partial charge in [-0.3, -0.25) is 9.78 Å². The predicted octanol–water partition coefficient (Wildman–Crippen LogP) is 3.86. The zero-order chi connectivity index (χ0) is 18.8. The van der Waals surface area contributed by atoms with Crippen LogP contribution in [0, 0.1) is 0 Å². The number of amides is 1. The molecule has 1 amide bonds. The largest absolute Gasteiger partial charge is 0.507 e. The number of aromatic hydroxyl groups is 1. The van der Waals surface area contributed by atoms with Crippen LogP contribution in [0.25, 0.3) is 22.6 Å². The molecule has 0 bridgehead atoms. The van der Waals surface area contributed by atoms with E-state index in [1.165, 1.54) is 6.07 Å². The van der Waals surface area contributed by atoms with Gasteiger partial charge >= 0.3 is 0 Å². The Morgan fingerprint density at radius 2 is 1.96 bits per heavy atom. The lowest BCUT2D eigenvalue weighted by Crippen LogP contribution is -2.11. The lowest BCUT2D eigenvalue weighted by atomic mass is 10.1. The normalized spacial score (nSPS) is 10.7. The van der Waals surface area contributed by atoms with Crippen molar-refractivity contribution in [1.29, 1.82) is 0 Å². The Morgan fingerprint density at radius 1 is 1.15 bits per heavy atom. The van der Waals surface area contributed by atoms with E-state index in [-0.39, 0.29) is 17.5 Å². The zero-order valence-corrected chi connectivity index (χ0v) is 14.3. The molecule has 0 radical (unpaired) electrons. The van der Waals surface area contributed by atoms with Crippen LogP contribution in [0.15, 0.2) is 65.3 Å². The summed E-state index contributed by atoms with van der Waals surface area (Å²) in [6.07, 6.45) is 3.19. The summed E-state index contributed by atoms with van der Waals surface area (Å²) in [6.45, 7) is 0. The monoisotopic (exact) mass is 361 g/mol. The van der Waals surface area contributed by atoms with E-state index < -0.39 is 0 Å². The summed E-state index contributed by atoms with van der Waals surface area (Å²) < 4.78 is 10.7. The Balaban J connectivity index is 1.56. The average Bonchev–Trinajstić information content (AvgIpc) is 3.12. The topological polar surface area (TPSA) is 97.5 Å². The molecule has 0 fully saturated rings. The number of nitrogens with zero attached hydrogens (tertiary/aromatic N) is 2. The number of aromatic nitrogens is 2. The van der Waals surface area contributed by atoms with Crippen LogP contribution < -0.4 is 10.1 Å². The van der Waals surface area contributed by atoms with Crippen LogP contribution in [-0.4, -0.2) is 28.1 Å². The van der Waals surface area contributed by atoms with E-state index >= 15 is 0 Å². The van der Waals surface area contributed by atoms with Crippen LogP contribution in [0.1, 0.15) is 10.4 Å². The molecule has 4 rings (SSSR count). The molecule has 2 N–H and O–H groups in total. The van der Waals surface area contributed by atoms with E-state index in [9.17, 15) is 9.90 Å². The SMILES string of the molecule is COc1ccc(C(=O)Nc2ccc(-c3nc4cnccc4o3)c(O)c2)cc1. The highest BCUT2D eigenvalue weighted by Gasteiger charge is 2.14. The van der Waals surface area contributed by atoms with Crippen molar-refractivity contribution in [2.75, 3.05) is 12.4 Å². The van der Waals surface area contributed by atoms with Crippen molar-refractivity contribution in [2.24, 2.45) is 0 Å². The lowest BCUT2D eigenvalue weighted by Gasteiger charge is -2.08. The Bertz CT molecular complexity index is 1090. The summed E-state index contributed by atoms with van der Waals surface area (Å²) in [5, 5.41) is 13.1. The second-order valence-electron chi connectivity index (χ2n) is 5.78. The van der Waals surface area contributed by atoms with E-state index in [1.807, 2.05) is 0 Å². The molecule has 2 heterocycles. The molecule has 2 aromatic carbocycles. The Labute approximate surface area is 154 Å². The van der Waals surface area contributed by atoms with Crippen molar-refractivity contribution in [3.05, 3.63) is 66.5 Å². The van der Waals surface area contributed by atoms with Crippen LogP contribution in [0.4, 0.5) is 5.69 Å². The van der Waals surface area contributed by atoms with Crippen LogP contribution in [-0.2, 0) is 0 Å². The molecular formula is C20H15N3O4. The van der Waals surface area contributed by atoms with Gasteiger partial charge in [0.05, 0.1) is 18.9 Å². The fraction of sp³-hybridized carbons (Fsp3) is 0.0500. The Hall–Kier alpha value is -3.87. The number of anilines is 1. The molecule has 0 atom stereocenters. The quantitative estimate of drug-likeness (QED) is 0.573. The number of rotatable bonds is 4. The fourth-order valence-corrected chi connectivity index (χ4v) is 2.63. The van der Waals surface area contributed by atoms with Crippen LogP contribution in [0.5, 0.6) is 11.5 Å². The molecule has 7 nitrogen and oxygen atoms in total. The summed E-state index contributed by atoms with van der Waals surface area (Å²) in [5.74, 6) is 0.602. The Kier molecular flexibility index (Phi) is 4.18. The maximum Gasteiger partial charge on any atom is 0.255 e. The molecule has 7 heteroatoms. The molecule has 0 unspecified atom stereocenters. The summed E-state index contributed by atoms with van der Waals surface area (Å²) in [4.78, 5) is 20.6. The summed E-state index contributed by atoms with van der Waals surface area (Å²) in [7, 11) is 1.56. The van der Waals surface area contributed by atoms with Gasteiger partial charge in [0.1, 0.15) is 17.0 Å². The van der Waals surface area contributed by atoms with Gasteiger partial charge in [-0.1, -0.05) is 0 Å². The summed E-state index contributed by atoms with van der Waals surface area (Å²) in [5.41, 5.74) is 2.54. The predicted molar refractivity (Wildman–Crippen MR) is 99.9 cm³/mol. The first-order valence-corrected chi connectivity index (χ1v) is 8.13. The van der Waals surface area contributed by atoms with Gasteiger partial charge in [0.15, 0.2) is 5.58 Å². The van der Waals surface area contributed by atoms with E-state index in [0.29, 0.717) is 33.7 Å². The van der Waals surface area contributed by atoms with Crippen molar-refractivity contribution < 1.29 is 19.1 Å². The highest BCUT2D eigenvalue weighted by atomic mass is 16.5. The van der Waals surface area contributed by atoms with Gasteiger partial charge in [-0.25, -0.2) is 4.98 Å². The first-order chi connectivity index (χ1) is 13.1. The number of ether oxygens (including phenoxy) is 1. The van der Waals surface area contributed by atoms with Gasteiger partial charge in [-0.15, -0.1) is 0 Å². The third-order valence-electron chi connectivity index (χ3n) is 4.03. The third-order valence-corrected chi connectivity index (χ3v) is 4.03. The minimum absolute atomic E-state index is 0.0537. The molecule has 0 aliphatic carbocycles. The van der Waals surface area contributed by atoms with Crippen molar-refractivity contribution in [3.8, 4) is 23.0 Å². The minimum Gasteiger partial charge on any atom is -0.507 e. The van der Waals surface area contributed by atoms with Crippen molar-refractivity contribution in [1.82, 2.24) is 9.97 Å². The summed E-state index contributed by atoms with van der Waals surface area (Å²) in [6, 6.07) is 13.2. The number of nitrogens with one attached hydrogen (secondary N) is 1. The molecule has 27 heavy (non-hydrogen) atoms. The van der Waals surface area contributed by atoms with E-state index in [0.717, 1.165) is 0 Å². The molecule has 2 aromatic heterocycles. The molecule has 4 aromatic rings. The standard InChI is InChI=1S/C20H15N3O4/c1-26-14-5-2-12(3-6-14)19(25)22-13-4-7-15(17(24)10-13)20-23-16-11-21-9-8-18(16)27-20/h2-11,24H,1H3,(H,22,25). The smallest absolute Gasteiger partial charge is 0.255 e. The maximum atomic E-state index is 12.3. The van der Waals surface area contributed by atoms with Gasteiger partial charge in [0.25, 0.3) is 5.91 Å². The first kappa shape index (κ1) is 16.6. The van der Waals surface area contributed by atoms with Crippen LogP contribution >= 0.6 is 0 Å². The number of pyridine rings is 1. The molecule has 0 saturated heterocycles. The first-order valence-electron chi connectivity index (χ1n) is 8.13.